The van der Waals surface area contributed by atoms with Crippen molar-refractivity contribution in [1.29, 1.82) is 0 Å². The van der Waals surface area contributed by atoms with Crippen LogP contribution in [0.2, 0.25) is 0 Å². The lowest BCUT2D eigenvalue weighted by atomic mass is 10.1. The van der Waals surface area contributed by atoms with Gasteiger partial charge in [-0.1, -0.05) is 0 Å². The van der Waals surface area contributed by atoms with Gasteiger partial charge in [-0.05, 0) is 30.2 Å². The Morgan fingerprint density at radius 3 is 3.00 bits per heavy atom. The zero-order valence-corrected chi connectivity index (χ0v) is 8.33. The van der Waals surface area contributed by atoms with Gasteiger partial charge in [0.05, 0.1) is 12.0 Å². The molecule has 1 heterocycles. The minimum atomic E-state index is -0.259. The fraction of sp³-hybridized carbons (Fsp3) is 0.0909. The number of carbonyl (C=O) groups is 1. The molecule has 0 spiro atoms. The summed E-state index contributed by atoms with van der Waals surface area (Å²) in [6.07, 6.45) is 3.18. The van der Waals surface area contributed by atoms with Crippen molar-refractivity contribution in [2.45, 2.75) is 0 Å². The van der Waals surface area contributed by atoms with Gasteiger partial charge >= 0.3 is 6.03 Å². The van der Waals surface area contributed by atoms with Crippen LogP contribution in [-0.2, 0) is 0 Å². The van der Waals surface area contributed by atoms with E-state index in [0.29, 0.717) is 5.69 Å². The summed E-state index contributed by atoms with van der Waals surface area (Å²) in [4.78, 5) is 11.2. The lowest BCUT2D eigenvalue weighted by molar-refractivity contribution is 0.254. The molecule has 1 aliphatic heterocycles. The second-order valence-corrected chi connectivity index (χ2v) is 3.17. The van der Waals surface area contributed by atoms with Crippen LogP contribution in [0.4, 0.5) is 10.5 Å². The summed E-state index contributed by atoms with van der Waals surface area (Å²) >= 11 is 0. The standard InChI is InChI=1S/C11H11N2O2/c1-7-5-10(13-11(14)12-2)9-6-15-4-3-8(7)9/h3-6H,1H2,2H3,(H2,12,13,14). The molecule has 0 aromatic carbocycles. The number of fused-ring (bicyclic) bond motifs is 1. The smallest absolute Gasteiger partial charge is 0.318 e. The van der Waals surface area contributed by atoms with Crippen molar-refractivity contribution in [3.05, 3.63) is 37.1 Å². The molecule has 0 fully saturated rings. The largest absolute Gasteiger partial charge is 0.472 e. The fourth-order valence-corrected chi connectivity index (χ4v) is 1.47. The SMILES string of the molecule is [CH2]c1cc(NC(=O)NC)c2coccc1-2. The predicted octanol–water partition coefficient (Wildman–Crippen LogP) is 2.32. The summed E-state index contributed by atoms with van der Waals surface area (Å²) in [6.45, 7) is 3.89. The molecule has 0 unspecified atom stereocenters. The highest BCUT2D eigenvalue weighted by molar-refractivity contribution is 5.96. The highest BCUT2D eigenvalue weighted by Gasteiger charge is 2.14. The van der Waals surface area contributed by atoms with Gasteiger partial charge in [-0.25, -0.2) is 4.79 Å². The summed E-state index contributed by atoms with van der Waals surface area (Å²) in [7, 11) is 1.57. The van der Waals surface area contributed by atoms with Crippen molar-refractivity contribution in [1.82, 2.24) is 5.32 Å². The second kappa shape index (κ2) is 3.65. The van der Waals surface area contributed by atoms with Crippen molar-refractivity contribution >= 4 is 11.7 Å². The molecule has 2 aliphatic rings. The van der Waals surface area contributed by atoms with Crippen LogP contribution < -0.4 is 10.6 Å². The third-order valence-electron chi connectivity index (χ3n) is 2.22. The van der Waals surface area contributed by atoms with Gasteiger partial charge in [0.25, 0.3) is 0 Å². The summed E-state index contributed by atoms with van der Waals surface area (Å²) in [5, 5.41) is 5.19. The van der Waals surface area contributed by atoms with Crippen molar-refractivity contribution in [2.24, 2.45) is 0 Å². The number of rotatable bonds is 1. The van der Waals surface area contributed by atoms with Crippen LogP contribution in [0.1, 0.15) is 5.56 Å². The van der Waals surface area contributed by atoms with Gasteiger partial charge < -0.3 is 15.1 Å². The van der Waals surface area contributed by atoms with E-state index >= 15 is 0 Å². The van der Waals surface area contributed by atoms with E-state index in [4.69, 9.17) is 4.42 Å². The van der Waals surface area contributed by atoms with Gasteiger partial charge in [-0.3, -0.25) is 0 Å². The van der Waals surface area contributed by atoms with Gasteiger partial charge in [-0.15, -0.1) is 0 Å². The van der Waals surface area contributed by atoms with Gasteiger partial charge in [-0.2, -0.15) is 0 Å². The maximum Gasteiger partial charge on any atom is 0.318 e. The van der Waals surface area contributed by atoms with E-state index in [9.17, 15) is 4.79 Å². The van der Waals surface area contributed by atoms with E-state index in [-0.39, 0.29) is 6.03 Å². The predicted molar refractivity (Wildman–Crippen MR) is 57.9 cm³/mol. The van der Waals surface area contributed by atoms with Crippen LogP contribution in [0.5, 0.6) is 0 Å². The molecule has 2 rings (SSSR count). The van der Waals surface area contributed by atoms with Crippen LogP contribution in [0.15, 0.2) is 29.1 Å². The Hall–Kier alpha value is -1.97. The summed E-state index contributed by atoms with van der Waals surface area (Å²) in [6, 6.07) is 3.38. The van der Waals surface area contributed by atoms with Crippen LogP contribution in [0, 0.1) is 6.92 Å². The Balaban J connectivity index is 2.41. The highest BCUT2D eigenvalue weighted by atomic mass is 16.3. The topological polar surface area (TPSA) is 54.3 Å². The molecule has 0 aromatic rings. The summed E-state index contributed by atoms with van der Waals surface area (Å²) < 4.78 is 5.06. The molecule has 0 saturated heterocycles. The minimum Gasteiger partial charge on any atom is -0.472 e. The van der Waals surface area contributed by atoms with Gasteiger partial charge in [0.1, 0.15) is 6.26 Å². The summed E-state index contributed by atoms with van der Waals surface area (Å²) in [5.74, 6) is 0. The van der Waals surface area contributed by atoms with E-state index < -0.39 is 0 Å². The molecule has 4 heteroatoms. The molecule has 2 N–H and O–H groups in total. The van der Waals surface area contributed by atoms with Gasteiger partial charge in [0, 0.05) is 12.6 Å². The maximum absolute atomic E-state index is 11.2. The van der Waals surface area contributed by atoms with E-state index in [1.165, 1.54) is 0 Å². The molecule has 0 bridgehead atoms. The average Bonchev–Trinajstić information content (AvgIpc) is 2.57. The van der Waals surface area contributed by atoms with Crippen LogP contribution in [0.3, 0.4) is 0 Å². The number of anilines is 1. The monoisotopic (exact) mass is 203 g/mol. The Bertz CT molecular complexity index is 462. The van der Waals surface area contributed by atoms with Crippen LogP contribution in [-0.4, -0.2) is 13.1 Å². The molecule has 0 aromatic heterocycles. The zero-order valence-electron chi connectivity index (χ0n) is 8.33. The number of amides is 2. The lowest BCUT2D eigenvalue weighted by Gasteiger charge is -2.04. The zero-order chi connectivity index (χ0) is 10.8. The van der Waals surface area contributed by atoms with E-state index in [1.54, 1.807) is 19.6 Å². The van der Waals surface area contributed by atoms with Crippen LogP contribution in [0.25, 0.3) is 11.1 Å². The Morgan fingerprint density at radius 1 is 1.47 bits per heavy atom. The first-order valence-electron chi connectivity index (χ1n) is 4.52. The molecule has 1 radical (unpaired) electrons. The summed E-state index contributed by atoms with van der Waals surface area (Å²) in [5.41, 5.74) is 3.41. The number of urea groups is 1. The molecule has 2 amide bonds. The Labute approximate surface area is 87.6 Å². The first kappa shape index (κ1) is 9.58. The minimum absolute atomic E-state index is 0.259. The highest BCUT2D eigenvalue weighted by Crippen LogP contribution is 2.35. The normalized spacial score (nSPS) is 10.3. The Kier molecular flexibility index (Phi) is 2.33. The number of hydrogen-bond acceptors (Lipinski definition) is 2. The van der Waals surface area contributed by atoms with Gasteiger partial charge in [0.15, 0.2) is 0 Å². The maximum atomic E-state index is 11.2. The first-order valence-corrected chi connectivity index (χ1v) is 4.52. The van der Waals surface area contributed by atoms with E-state index in [1.807, 2.05) is 12.1 Å². The Morgan fingerprint density at radius 2 is 2.27 bits per heavy atom. The molecule has 0 saturated carbocycles. The molecule has 4 nitrogen and oxygen atoms in total. The van der Waals surface area contributed by atoms with Crippen molar-refractivity contribution in [2.75, 3.05) is 12.4 Å². The molecular formula is C11H11N2O2. The molecular weight excluding hydrogens is 192 g/mol. The number of carbonyl (C=O) groups excluding carboxylic acids is 1. The second-order valence-electron chi connectivity index (χ2n) is 3.17. The van der Waals surface area contributed by atoms with Crippen molar-refractivity contribution in [3.8, 4) is 11.1 Å². The molecule has 15 heavy (non-hydrogen) atoms. The fourth-order valence-electron chi connectivity index (χ4n) is 1.47. The molecule has 1 aliphatic carbocycles. The molecule has 77 valence electrons. The quantitative estimate of drug-likeness (QED) is 0.747. The van der Waals surface area contributed by atoms with Crippen LogP contribution >= 0.6 is 0 Å². The van der Waals surface area contributed by atoms with Crippen molar-refractivity contribution < 1.29 is 9.21 Å². The van der Waals surface area contributed by atoms with Crippen molar-refractivity contribution in [3.63, 3.8) is 0 Å². The number of nitrogens with one attached hydrogen (secondary N) is 2. The third-order valence-corrected chi connectivity index (χ3v) is 2.22. The van der Waals surface area contributed by atoms with Gasteiger partial charge in [0.2, 0.25) is 0 Å². The third kappa shape index (κ3) is 1.66. The lowest BCUT2D eigenvalue weighted by Crippen LogP contribution is -2.24. The first-order chi connectivity index (χ1) is 7.22. The number of hydrogen-bond donors (Lipinski definition) is 2. The van der Waals surface area contributed by atoms with E-state index in [2.05, 4.69) is 17.6 Å². The average molecular weight is 203 g/mol. The molecule has 0 atom stereocenters. The van der Waals surface area contributed by atoms with E-state index in [0.717, 1.165) is 16.7 Å².